The van der Waals surface area contributed by atoms with E-state index in [1.165, 1.54) is 16.6 Å². The number of fused-ring (bicyclic) bond motifs is 3. The minimum atomic E-state index is -4.85. The van der Waals surface area contributed by atoms with Gasteiger partial charge in [-0.15, -0.1) is 0 Å². The van der Waals surface area contributed by atoms with Crippen LogP contribution in [-0.4, -0.2) is 34.0 Å². The largest absolute Gasteiger partial charge is 0.496 e. The second-order valence-corrected chi connectivity index (χ2v) is 7.59. The van der Waals surface area contributed by atoms with Gasteiger partial charge in [-0.25, -0.2) is 4.98 Å². The maximum atomic E-state index is 14.1. The number of anilines is 1. The molecule has 0 fully saturated rings. The highest BCUT2D eigenvalue weighted by atomic mass is 19.4. The summed E-state index contributed by atoms with van der Waals surface area (Å²) in [5.41, 5.74) is 6.43. The topological polar surface area (TPSA) is 97.2 Å². The Hall–Kier alpha value is -3.74. The number of nitriles is 1. The molecule has 2 N–H and O–H groups in total. The van der Waals surface area contributed by atoms with E-state index in [1.54, 1.807) is 39.0 Å². The van der Waals surface area contributed by atoms with Crippen molar-refractivity contribution in [3.8, 4) is 17.5 Å². The van der Waals surface area contributed by atoms with Crippen LogP contribution in [0.1, 0.15) is 45.4 Å². The van der Waals surface area contributed by atoms with E-state index in [0.717, 1.165) is 0 Å². The molecule has 166 valence electrons. The Morgan fingerprint density at radius 1 is 1.31 bits per heavy atom. The zero-order valence-corrected chi connectivity index (χ0v) is 17.9. The number of pyridine rings is 1. The number of rotatable bonds is 3. The third-order valence-corrected chi connectivity index (χ3v) is 5.85. The number of benzene rings is 1. The number of methoxy groups -OCH3 is 1. The van der Waals surface area contributed by atoms with E-state index in [0.29, 0.717) is 29.1 Å². The third kappa shape index (κ3) is 2.81. The summed E-state index contributed by atoms with van der Waals surface area (Å²) >= 11 is 0. The summed E-state index contributed by atoms with van der Waals surface area (Å²) in [5, 5.41) is 9.29. The van der Waals surface area contributed by atoms with Gasteiger partial charge in [-0.2, -0.15) is 18.4 Å². The summed E-state index contributed by atoms with van der Waals surface area (Å²) in [5.74, 6) is -0.144. The molecule has 0 spiro atoms. The van der Waals surface area contributed by atoms with Crippen molar-refractivity contribution in [1.82, 2.24) is 14.5 Å². The molecule has 4 rings (SSSR count). The number of carbonyl (C=O) groups excluding carboxylic acids is 1. The van der Waals surface area contributed by atoms with E-state index in [1.807, 2.05) is 0 Å². The molecule has 1 aliphatic rings. The van der Waals surface area contributed by atoms with Gasteiger partial charge < -0.3 is 15.4 Å². The number of ether oxygens (including phenoxy) is 1. The molecule has 1 aliphatic heterocycles. The Kier molecular flexibility index (Phi) is 4.80. The minimum absolute atomic E-state index is 0.0121. The molecule has 0 saturated heterocycles. The quantitative estimate of drug-likeness (QED) is 0.657. The van der Waals surface area contributed by atoms with Crippen molar-refractivity contribution in [2.75, 3.05) is 19.4 Å². The van der Waals surface area contributed by atoms with Crippen LogP contribution in [-0.2, 0) is 12.7 Å². The van der Waals surface area contributed by atoms with Crippen molar-refractivity contribution < 1.29 is 22.7 Å². The van der Waals surface area contributed by atoms with Crippen LogP contribution in [0.5, 0.6) is 5.75 Å². The smallest absolute Gasteiger partial charge is 0.434 e. The highest BCUT2D eigenvalue weighted by Gasteiger charge is 2.43. The maximum Gasteiger partial charge on any atom is 0.434 e. The van der Waals surface area contributed by atoms with Crippen LogP contribution in [0.2, 0.25) is 0 Å². The molecule has 1 aromatic carbocycles. The monoisotopic (exact) mass is 443 g/mol. The van der Waals surface area contributed by atoms with Crippen molar-refractivity contribution in [1.29, 1.82) is 5.26 Å². The number of hydrogen-bond acceptors (Lipinski definition) is 5. The molecule has 0 radical (unpaired) electrons. The van der Waals surface area contributed by atoms with Crippen molar-refractivity contribution in [3.63, 3.8) is 0 Å². The number of nitrogen functional groups attached to an aromatic ring is 1. The molecule has 32 heavy (non-hydrogen) atoms. The number of halogens is 3. The zero-order valence-electron chi connectivity index (χ0n) is 17.9. The van der Waals surface area contributed by atoms with Crippen LogP contribution < -0.4 is 10.5 Å². The zero-order chi connectivity index (χ0) is 23.5. The molecule has 0 unspecified atom stereocenters. The van der Waals surface area contributed by atoms with Crippen LogP contribution in [0.3, 0.4) is 0 Å². The van der Waals surface area contributed by atoms with Gasteiger partial charge in [0, 0.05) is 12.1 Å². The van der Waals surface area contributed by atoms with E-state index >= 15 is 0 Å². The fourth-order valence-electron chi connectivity index (χ4n) is 4.38. The molecule has 3 aromatic rings. The Morgan fingerprint density at radius 2 is 2.00 bits per heavy atom. The number of alkyl halides is 3. The number of amides is 1. The Balaban J connectivity index is 2.29. The number of nitrogens with zero attached hydrogens (tertiary/aromatic N) is 4. The van der Waals surface area contributed by atoms with Gasteiger partial charge in [0.05, 0.1) is 41.5 Å². The van der Waals surface area contributed by atoms with Crippen molar-refractivity contribution >= 4 is 22.6 Å². The van der Waals surface area contributed by atoms with E-state index < -0.39 is 23.2 Å². The summed E-state index contributed by atoms with van der Waals surface area (Å²) in [6, 6.07) is 5.27. The first kappa shape index (κ1) is 21.5. The molecule has 3 heterocycles. The lowest BCUT2D eigenvalue weighted by molar-refractivity contribution is -0.139. The Labute approximate surface area is 181 Å². The van der Waals surface area contributed by atoms with E-state index in [2.05, 4.69) is 4.98 Å². The number of aromatic nitrogens is 2. The first-order chi connectivity index (χ1) is 15.1. The predicted molar refractivity (Wildman–Crippen MR) is 112 cm³/mol. The first-order valence-electron chi connectivity index (χ1n) is 9.84. The van der Waals surface area contributed by atoms with Gasteiger partial charge in [-0.3, -0.25) is 9.36 Å². The van der Waals surface area contributed by atoms with E-state index in [9.17, 15) is 23.2 Å². The van der Waals surface area contributed by atoms with E-state index in [-0.39, 0.29) is 34.7 Å². The maximum absolute atomic E-state index is 14.1. The highest BCUT2D eigenvalue weighted by molar-refractivity contribution is 6.12. The predicted octanol–water partition coefficient (Wildman–Crippen LogP) is 4.10. The molecule has 0 atom stereocenters. The molecule has 7 nitrogen and oxygen atoms in total. The normalized spacial score (nSPS) is 13.6. The van der Waals surface area contributed by atoms with Gasteiger partial charge in [0.1, 0.15) is 23.2 Å². The highest BCUT2D eigenvalue weighted by Crippen LogP contribution is 2.45. The second kappa shape index (κ2) is 7.15. The molecule has 0 saturated carbocycles. The fraction of sp³-hybridized carbons (Fsp3) is 0.318. The summed E-state index contributed by atoms with van der Waals surface area (Å²) < 4.78 is 48.9. The standard InChI is InChI=1S/C22H20F3N5O2/c1-5-29-9-13-16(21(29)31)18-15(19(28-13)22(23,24)25)12(8-26)20(27)30(18)17-10(2)6-7-14(32-4)11(17)3/h6-7H,5,9,27H2,1-4H3. The second-order valence-electron chi connectivity index (χ2n) is 7.59. The lowest BCUT2D eigenvalue weighted by Gasteiger charge is -2.18. The van der Waals surface area contributed by atoms with Crippen molar-refractivity contribution in [3.05, 3.63) is 45.8 Å². The van der Waals surface area contributed by atoms with Crippen LogP contribution in [0.4, 0.5) is 19.0 Å². The molecule has 2 aromatic heterocycles. The molecular weight excluding hydrogens is 423 g/mol. The number of carbonyl (C=O) groups is 1. The summed E-state index contributed by atoms with van der Waals surface area (Å²) in [7, 11) is 1.48. The first-order valence-corrected chi connectivity index (χ1v) is 9.84. The molecule has 0 bridgehead atoms. The number of aryl methyl sites for hydroxylation is 1. The lowest BCUT2D eigenvalue weighted by Crippen LogP contribution is -2.23. The minimum Gasteiger partial charge on any atom is -0.496 e. The Bertz CT molecular complexity index is 1330. The van der Waals surface area contributed by atoms with Crippen LogP contribution >= 0.6 is 0 Å². The van der Waals surface area contributed by atoms with Gasteiger partial charge in [0.15, 0.2) is 5.69 Å². The lowest BCUT2D eigenvalue weighted by atomic mass is 10.0. The summed E-state index contributed by atoms with van der Waals surface area (Å²) in [6.07, 6.45) is -4.85. The van der Waals surface area contributed by atoms with Crippen LogP contribution in [0.15, 0.2) is 12.1 Å². The molecule has 0 aliphatic carbocycles. The third-order valence-electron chi connectivity index (χ3n) is 5.85. The van der Waals surface area contributed by atoms with Crippen molar-refractivity contribution in [2.45, 2.75) is 33.5 Å². The van der Waals surface area contributed by atoms with E-state index in [4.69, 9.17) is 10.5 Å². The average Bonchev–Trinajstić information content (AvgIpc) is 3.20. The SMILES string of the molecule is CCN1Cc2nc(C(F)(F)F)c3c(C#N)c(N)n(-c4c(C)ccc(OC)c4C)c3c2C1=O. The van der Waals surface area contributed by atoms with Gasteiger partial charge in [-0.1, -0.05) is 6.07 Å². The van der Waals surface area contributed by atoms with Gasteiger partial charge in [0.25, 0.3) is 5.91 Å². The van der Waals surface area contributed by atoms with Gasteiger partial charge in [-0.05, 0) is 32.4 Å². The molecule has 10 heteroatoms. The molecule has 1 amide bonds. The Morgan fingerprint density at radius 3 is 2.56 bits per heavy atom. The number of hydrogen-bond donors (Lipinski definition) is 1. The van der Waals surface area contributed by atoms with Gasteiger partial charge in [0.2, 0.25) is 0 Å². The summed E-state index contributed by atoms with van der Waals surface area (Å²) in [4.78, 5) is 18.3. The van der Waals surface area contributed by atoms with Crippen molar-refractivity contribution in [2.24, 2.45) is 0 Å². The summed E-state index contributed by atoms with van der Waals surface area (Å²) in [6.45, 7) is 5.50. The van der Waals surface area contributed by atoms with Crippen LogP contribution in [0.25, 0.3) is 16.6 Å². The van der Waals surface area contributed by atoms with Gasteiger partial charge >= 0.3 is 6.18 Å². The fourth-order valence-corrected chi connectivity index (χ4v) is 4.38. The van der Waals surface area contributed by atoms with Crippen LogP contribution in [0, 0.1) is 25.2 Å². The molecular formula is C22H20F3N5O2. The average molecular weight is 443 g/mol. The number of nitrogens with two attached hydrogens (primary N) is 1.